The van der Waals surface area contributed by atoms with Crippen LogP contribution in [0.25, 0.3) is 0 Å². The topological polar surface area (TPSA) is 37.4 Å². The van der Waals surface area contributed by atoms with Gasteiger partial charge in [-0.3, -0.25) is 9.59 Å². The second kappa shape index (κ2) is 6.17. The SMILES string of the molecule is Cc1ccc(C)c(N2C(=O)[C@H]3[C@H](C2=O)C2(Br)c4ccccc4C3(Br)c3ccccc32)c1. The summed E-state index contributed by atoms with van der Waals surface area (Å²) in [6.07, 6.45) is 0. The van der Waals surface area contributed by atoms with E-state index in [-0.39, 0.29) is 11.8 Å². The standard InChI is InChI=1S/C26H19Br2NO2/c1-14-11-12-15(2)20(13-14)29-23(30)21-22(24(29)31)26(28)17-8-4-3-7-16(17)25(21,27)18-9-5-6-10-19(18)26/h3-13,21-22H,1-2H3/t21-,22-,25?,26?/m1/s1. The predicted molar refractivity (Wildman–Crippen MR) is 128 cm³/mol. The van der Waals surface area contributed by atoms with Crippen molar-refractivity contribution in [3.8, 4) is 0 Å². The van der Waals surface area contributed by atoms with Crippen LogP contribution >= 0.6 is 31.9 Å². The van der Waals surface area contributed by atoms with Crippen LogP contribution < -0.4 is 4.90 Å². The summed E-state index contributed by atoms with van der Waals surface area (Å²) in [5.41, 5.74) is 6.83. The Morgan fingerprint density at radius 3 is 1.55 bits per heavy atom. The quantitative estimate of drug-likeness (QED) is 0.295. The first-order chi connectivity index (χ1) is 14.8. The maximum absolute atomic E-state index is 14.0. The van der Waals surface area contributed by atoms with Gasteiger partial charge in [0.2, 0.25) is 11.8 Å². The van der Waals surface area contributed by atoms with Gasteiger partial charge in [0.05, 0.1) is 26.2 Å². The minimum Gasteiger partial charge on any atom is -0.274 e. The lowest BCUT2D eigenvalue weighted by Gasteiger charge is -2.55. The normalized spacial score (nSPS) is 30.3. The van der Waals surface area contributed by atoms with Crippen molar-refractivity contribution in [3.63, 3.8) is 0 Å². The summed E-state index contributed by atoms with van der Waals surface area (Å²) in [5, 5.41) is 0. The molecule has 31 heavy (non-hydrogen) atoms. The van der Waals surface area contributed by atoms with Crippen LogP contribution in [0, 0.1) is 25.7 Å². The zero-order valence-electron chi connectivity index (χ0n) is 17.0. The highest BCUT2D eigenvalue weighted by Gasteiger charge is 2.72. The number of hydrogen-bond acceptors (Lipinski definition) is 2. The first kappa shape index (κ1) is 19.4. The highest BCUT2D eigenvalue weighted by atomic mass is 79.9. The number of carbonyl (C=O) groups is 2. The van der Waals surface area contributed by atoms with Gasteiger partial charge in [-0.05, 0) is 53.3 Å². The van der Waals surface area contributed by atoms with Gasteiger partial charge < -0.3 is 0 Å². The fourth-order valence-corrected chi connectivity index (χ4v) is 8.17. The van der Waals surface area contributed by atoms with E-state index in [1.807, 2.05) is 56.3 Å². The van der Waals surface area contributed by atoms with E-state index in [1.54, 1.807) is 0 Å². The molecule has 0 N–H and O–H groups in total. The molecule has 3 aliphatic carbocycles. The number of nitrogens with zero attached hydrogens (tertiary/aromatic N) is 1. The lowest BCUT2D eigenvalue weighted by Crippen LogP contribution is -2.56. The number of rotatable bonds is 1. The molecule has 2 atom stereocenters. The predicted octanol–water partition coefficient (Wildman–Crippen LogP) is 5.71. The van der Waals surface area contributed by atoms with E-state index in [1.165, 1.54) is 4.90 Å². The van der Waals surface area contributed by atoms with Gasteiger partial charge >= 0.3 is 0 Å². The van der Waals surface area contributed by atoms with Crippen molar-refractivity contribution < 1.29 is 9.59 Å². The molecular formula is C26H19Br2NO2. The smallest absolute Gasteiger partial charge is 0.239 e. The highest BCUT2D eigenvalue weighted by molar-refractivity contribution is 9.10. The van der Waals surface area contributed by atoms with E-state index in [0.717, 1.165) is 33.4 Å². The molecule has 2 bridgehead atoms. The number of amides is 2. The Hall–Kier alpha value is -2.24. The van der Waals surface area contributed by atoms with Crippen molar-refractivity contribution in [2.45, 2.75) is 22.5 Å². The largest absolute Gasteiger partial charge is 0.274 e. The first-order valence-corrected chi connectivity index (χ1v) is 11.9. The Morgan fingerprint density at radius 2 is 1.13 bits per heavy atom. The van der Waals surface area contributed by atoms with Crippen molar-refractivity contribution in [3.05, 3.63) is 100 Å². The summed E-state index contributed by atoms with van der Waals surface area (Å²) in [5.74, 6) is -1.37. The summed E-state index contributed by atoms with van der Waals surface area (Å²) in [7, 11) is 0. The third kappa shape index (κ3) is 2.14. The fourth-order valence-electron chi connectivity index (χ4n) is 5.86. The molecule has 154 valence electrons. The zero-order valence-corrected chi connectivity index (χ0v) is 20.2. The van der Waals surface area contributed by atoms with Crippen molar-refractivity contribution >= 4 is 49.4 Å². The first-order valence-electron chi connectivity index (χ1n) is 10.3. The molecule has 3 nitrogen and oxygen atoms in total. The number of alkyl halides is 2. The maximum atomic E-state index is 14.0. The average Bonchev–Trinajstić information content (AvgIpc) is 3.05. The second-order valence-electron chi connectivity index (χ2n) is 8.77. The Kier molecular flexibility index (Phi) is 3.87. The van der Waals surface area contributed by atoms with Gasteiger partial charge in [-0.15, -0.1) is 0 Å². The fraction of sp³-hybridized carbons (Fsp3) is 0.231. The summed E-state index contributed by atoms with van der Waals surface area (Å²) in [6, 6.07) is 22.2. The monoisotopic (exact) mass is 535 g/mol. The molecule has 0 aromatic heterocycles. The van der Waals surface area contributed by atoms with Crippen molar-refractivity contribution in [2.75, 3.05) is 4.90 Å². The highest BCUT2D eigenvalue weighted by Crippen LogP contribution is 2.70. The van der Waals surface area contributed by atoms with Gasteiger partial charge in [-0.2, -0.15) is 0 Å². The molecule has 0 spiro atoms. The molecule has 1 saturated heterocycles. The van der Waals surface area contributed by atoms with Gasteiger partial charge in [-0.25, -0.2) is 4.90 Å². The minimum absolute atomic E-state index is 0.145. The molecule has 1 aliphatic heterocycles. The number of hydrogen-bond donors (Lipinski definition) is 0. The number of imide groups is 1. The molecule has 0 saturated carbocycles. The second-order valence-corrected chi connectivity index (χ2v) is 11.3. The molecule has 2 amide bonds. The molecule has 4 aliphatic rings. The Bertz CT molecular complexity index is 1190. The molecule has 7 rings (SSSR count). The van der Waals surface area contributed by atoms with Crippen LogP contribution in [0.4, 0.5) is 5.69 Å². The van der Waals surface area contributed by atoms with Gasteiger partial charge in [-0.1, -0.05) is 92.5 Å². The van der Waals surface area contributed by atoms with Crippen molar-refractivity contribution in [1.82, 2.24) is 0 Å². The lowest BCUT2D eigenvalue weighted by molar-refractivity contribution is -0.122. The minimum atomic E-state index is -0.750. The van der Waals surface area contributed by atoms with E-state index in [9.17, 15) is 9.59 Å². The molecule has 5 heteroatoms. The van der Waals surface area contributed by atoms with E-state index >= 15 is 0 Å². The van der Waals surface area contributed by atoms with Gasteiger partial charge in [0, 0.05) is 0 Å². The Labute approximate surface area is 197 Å². The number of benzene rings is 3. The van der Waals surface area contributed by atoms with E-state index < -0.39 is 20.5 Å². The summed E-state index contributed by atoms with van der Waals surface area (Å²) in [6.45, 7) is 3.93. The maximum Gasteiger partial charge on any atom is 0.239 e. The van der Waals surface area contributed by atoms with Gasteiger partial charge in [0.15, 0.2) is 0 Å². The molecular weight excluding hydrogens is 518 g/mol. The van der Waals surface area contributed by atoms with E-state index in [2.05, 4.69) is 56.1 Å². The third-order valence-electron chi connectivity index (χ3n) is 7.19. The molecule has 0 unspecified atom stereocenters. The van der Waals surface area contributed by atoms with Crippen LogP contribution in [0.5, 0.6) is 0 Å². The van der Waals surface area contributed by atoms with Crippen LogP contribution in [0.15, 0.2) is 66.7 Å². The van der Waals surface area contributed by atoms with Crippen molar-refractivity contribution in [1.29, 1.82) is 0 Å². The molecule has 0 radical (unpaired) electrons. The van der Waals surface area contributed by atoms with Crippen LogP contribution in [0.2, 0.25) is 0 Å². The number of aryl methyl sites for hydroxylation is 2. The summed E-state index contributed by atoms with van der Waals surface area (Å²) >= 11 is 8.08. The van der Waals surface area contributed by atoms with Crippen LogP contribution in [-0.2, 0) is 18.2 Å². The zero-order chi connectivity index (χ0) is 21.7. The molecule has 1 heterocycles. The van der Waals surface area contributed by atoms with E-state index in [4.69, 9.17) is 0 Å². The van der Waals surface area contributed by atoms with Crippen LogP contribution in [0.3, 0.4) is 0 Å². The van der Waals surface area contributed by atoms with Crippen molar-refractivity contribution in [2.24, 2.45) is 11.8 Å². The number of anilines is 1. The van der Waals surface area contributed by atoms with Gasteiger partial charge in [0.1, 0.15) is 0 Å². The average molecular weight is 537 g/mol. The van der Waals surface area contributed by atoms with Crippen LogP contribution in [0.1, 0.15) is 33.4 Å². The number of halogens is 2. The van der Waals surface area contributed by atoms with E-state index in [0.29, 0.717) is 5.69 Å². The Morgan fingerprint density at radius 1 is 0.710 bits per heavy atom. The van der Waals surface area contributed by atoms with Gasteiger partial charge in [0.25, 0.3) is 0 Å². The van der Waals surface area contributed by atoms with Crippen LogP contribution in [-0.4, -0.2) is 11.8 Å². The lowest BCUT2D eigenvalue weighted by atomic mass is 9.54. The third-order valence-corrected chi connectivity index (χ3v) is 9.89. The summed E-state index contributed by atoms with van der Waals surface area (Å²) in [4.78, 5) is 29.5. The summed E-state index contributed by atoms with van der Waals surface area (Å²) < 4.78 is -1.50. The Balaban J connectivity index is 1.67. The molecule has 3 aromatic carbocycles. The molecule has 1 fully saturated rings. The number of carbonyl (C=O) groups excluding carboxylic acids is 2. The molecule has 3 aromatic rings.